The molecule has 0 spiro atoms. The van der Waals surface area contributed by atoms with E-state index in [0.717, 1.165) is 6.26 Å². The number of rotatable bonds is 6. The molecule has 0 saturated carbocycles. The third-order valence-corrected chi connectivity index (χ3v) is 4.72. The number of ether oxygens (including phenoxy) is 1. The third kappa shape index (κ3) is 5.52. The first-order valence-electron chi connectivity index (χ1n) is 7.56. The zero-order valence-electron chi connectivity index (χ0n) is 15.2. The van der Waals surface area contributed by atoms with Gasteiger partial charge in [0.1, 0.15) is 6.04 Å². The molecule has 9 nitrogen and oxygen atoms in total. The van der Waals surface area contributed by atoms with Crippen molar-refractivity contribution in [2.45, 2.75) is 10.9 Å². The van der Waals surface area contributed by atoms with Gasteiger partial charge in [0.15, 0.2) is 9.84 Å². The second kappa shape index (κ2) is 8.98. The van der Waals surface area contributed by atoms with Gasteiger partial charge in [0.05, 0.1) is 23.8 Å². The first kappa shape index (κ1) is 22.6. The van der Waals surface area contributed by atoms with E-state index in [1.807, 2.05) is 0 Å². The number of carbonyl (C=O) groups is 2. The molecule has 2 N–H and O–H groups in total. The van der Waals surface area contributed by atoms with Crippen molar-refractivity contribution in [1.29, 1.82) is 0 Å². The average molecular weight is 417 g/mol. The van der Waals surface area contributed by atoms with Gasteiger partial charge < -0.3 is 15.4 Å². The summed E-state index contributed by atoms with van der Waals surface area (Å²) >= 11 is 0. The Kier molecular flexibility index (Phi) is 7.52. The first-order valence-corrected chi connectivity index (χ1v) is 9.45. The first-order chi connectivity index (χ1) is 12.2. The van der Waals surface area contributed by atoms with E-state index in [-0.39, 0.29) is 28.6 Å². The summed E-state index contributed by atoms with van der Waals surface area (Å²) in [5, 5.41) is 9.52. The van der Waals surface area contributed by atoms with Crippen molar-refractivity contribution >= 4 is 39.8 Å². The van der Waals surface area contributed by atoms with Gasteiger partial charge in [-0.15, -0.1) is 12.4 Å². The largest absolute Gasteiger partial charge is 0.465 e. The zero-order chi connectivity index (χ0) is 19.5. The average Bonchev–Trinajstić information content (AvgIpc) is 2.99. The number of hydrogen-bond donors (Lipinski definition) is 2. The fraction of sp³-hybridized carbons (Fsp3) is 0.312. The predicted molar refractivity (Wildman–Crippen MR) is 102 cm³/mol. The molecule has 0 aliphatic heterocycles. The second-order valence-corrected chi connectivity index (χ2v) is 7.68. The molecule has 0 aliphatic rings. The molecular weight excluding hydrogens is 396 g/mol. The summed E-state index contributed by atoms with van der Waals surface area (Å²) in [6, 6.07) is 3.14. The number of hydrogen-bond acceptors (Lipinski definition) is 7. The lowest BCUT2D eigenvalue weighted by atomic mass is 10.1. The number of amides is 1. The Morgan fingerprint density at radius 1 is 1.26 bits per heavy atom. The van der Waals surface area contributed by atoms with Gasteiger partial charge >= 0.3 is 5.97 Å². The summed E-state index contributed by atoms with van der Waals surface area (Å²) in [4.78, 5) is 24.3. The van der Waals surface area contributed by atoms with Crippen LogP contribution in [0, 0.1) is 0 Å². The molecule has 0 saturated heterocycles. The van der Waals surface area contributed by atoms with Crippen molar-refractivity contribution in [1.82, 2.24) is 15.1 Å². The molecular formula is C16H21ClN4O5S. The van der Waals surface area contributed by atoms with Crippen molar-refractivity contribution in [3.63, 3.8) is 0 Å². The van der Waals surface area contributed by atoms with Crippen LogP contribution in [0.3, 0.4) is 0 Å². The molecule has 11 heteroatoms. The van der Waals surface area contributed by atoms with Gasteiger partial charge in [-0.25, -0.2) is 13.2 Å². The van der Waals surface area contributed by atoms with E-state index >= 15 is 0 Å². The summed E-state index contributed by atoms with van der Waals surface area (Å²) < 4.78 is 29.9. The Labute approximate surface area is 163 Å². The lowest BCUT2D eigenvalue weighted by Gasteiger charge is -2.15. The minimum absolute atomic E-state index is 0. The number of benzene rings is 1. The monoisotopic (exact) mass is 416 g/mol. The molecule has 148 valence electrons. The van der Waals surface area contributed by atoms with Crippen LogP contribution in [0.1, 0.15) is 22.0 Å². The maximum Gasteiger partial charge on any atom is 0.337 e. The third-order valence-electron chi connectivity index (χ3n) is 3.63. The van der Waals surface area contributed by atoms with Gasteiger partial charge in [-0.05, 0) is 25.2 Å². The van der Waals surface area contributed by atoms with Gasteiger partial charge in [0.25, 0.3) is 0 Å². The number of aromatic nitrogens is 2. The molecule has 1 atom stereocenters. The fourth-order valence-corrected chi connectivity index (χ4v) is 3.06. The van der Waals surface area contributed by atoms with E-state index in [2.05, 4.69) is 20.5 Å². The maximum atomic E-state index is 12.6. The summed E-state index contributed by atoms with van der Waals surface area (Å²) in [7, 11) is 0.943. The SMILES string of the molecule is CNC(C(=O)Nc1cc(C(=O)OC)cc(S(C)(=O)=O)c1)c1cnn(C)c1.Cl. The van der Waals surface area contributed by atoms with Crippen molar-refractivity contribution in [3.8, 4) is 0 Å². The van der Waals surface area contributed by atoms with Crippen LogP contribution in [0.2, 0.25) is 0 Å². The molecule has 1 aromatic carbocycles. The molecule has 0 radical (unpaired) electrons. The summed E-state index contributed by atoms with van der Waals surface area (Å²) in [5.41, 5.74) is 0.829. The van der Waals surface area contributed by atoms with Crippen molar-refractivity contribution in [2.75, 3.05) is 25.7 Å². The smallest absolute Gasteiger partial charge is 0.337 e. The fourth-order valence-electron chi connectivity index (χ4n) is 2.37. The van der Waals surface area contributed by atoms with Crippen LogP contribution in [0.25, 0.3) is 0 Å². The minimum Gasteiger partial charge on any atom is -0.465 e. The number of methoxy groups -OCH3 is 1. The number of halogens is 1. The maximum absolute atomic E-state index is 12.6. The van der Waals surface area contributed by atoms with Crippen LogP contribution in [-0.2, 0) is 26.4 Å². The molecule has 0 bridgehead atoms. The Bertz CT molecular complexity index is 942. The van der Waals surface area contributed by atoms with Crippen LogP contribution in [-0.4, -0.2) is 50.5 Å². The van der Waals surface area contributed by atoms with Crippen LogP contribution in [0.4, 0.5) is 5.69 Å². The van der Waals surface area contributed by atoms with Crippen LogP contribution >= 0.6 is 12.4 Å². The number of sulfone groups is 1. The minimum atomic E-state index is -3.59. The molecule has 2 aromatic rings. The number of aryl methyl sites for hydroxylation is 1. The van der Waals surface area contributed by atoms with Crippen LogP contribution in [0.5, 0.6) is 0 Å². The topological polar surface area (TPSA) is 119 Å². The summed E-state index contributed by atoms with van der Waals surface area (Å²) in [5.74, 6) is -1.13. The second-order valence-electron chi connectivity index (χ2n) is 5.67. The van der Waals surface area contributed by atoms with E-state index in [1.165, 1.54) is 25.3 Å². The standard InChI is InChI=1S/C16H20N4O5S.ClH/c1-17-14(11-8-18-20(2)9-11)15(21)19-12-5-10(16(22)25-3)6-13(7-12)26(4,23)24;/h5-9,14,17H,1-4H3,(H,19,21);1H. The van der Waals surface area contributed by atoms with Gasteiger partial charge in [-0.1, -0.05) is 0 Å². The number of likely N-dealkylation sites (N-methyl/N-ethyl adjacent to an activating group) is 1. The highest BCUT2D eigenvalue weighted by Gasteiger charge is 2.22. The molecule has 2 rings (SSSR count). The van der Waals surface area contributed by atoms with E-state index in [0.29, 0.717) is 5.56 Å². The van der Waals surface area contributed by atoms with E-state index in [4.69, 9.17) is 0 Å². The van der Waals surface area contributed by atoms with E-state index in [9.17, 15) is 18.0 Å². The molecule has 0 aliphatic carbocycles. The molecule has 1 unspecified atom stereocenters. The van der Waals surface area contributed by atoms with E-state index < -0.39 is 27.8 Å². The van der Waals surface area contributed by atoms with Crippen molar-refractivity contribution < 1.29 is 22.7 Å². The Hall–Kier alpha value is -2.43. The highest BCUT2D eigenvalue weighted by atomic mass is 35.5. The molecule has 1 amide bonds. The number of carbonyl (C=O) groups excluding carboxylic acids is 2. The lowest BCUT2D eigenvalue weighted by molar-refractivity contribution is -0.118. The molecule has 0 fully saturated rings. The van der Waals surface area contributed by atoms with Crippen molar-refractivity contribution in [2.24, 2.45) is 7.05 Å². The highest BCUT2D eigenvalue weighted by molar-refractivity contribution is 7.90. The normalized spacial score (nSPS) is 12.0. The van der Waals surface area contributed by atoms with Gasteiger partial charge in [-0.3, -0.25) is 9.48 Å². The van der Waals surface area contributed by atoms with Crippen molar-refractivity contribution in [3.05, 3.63) is 41.7 Å². The quantitative estimate of drug-likeness (QED) is 0.672. The number of anilines is 1. The summed E-state index contributed by atoms with van der Waals surface area (Å²) in [6.07, 6.45) is 4.25. The van der Waals surface area contributed by atoms with Gasteiger partial charge in [-0.2, -0.15) is 5.10 Å². The number of nitrogens with one attached hydrogen (secondary N) is 2. The lowest BCUT2D eigenvalue weighted by Crippen LogP contribution is -2.30. The van der Waals surface area contributed by atoms with Gasteiger partial charge in [0.2, 0.25) is 5.91 Å². The Morgan fingerprint density at radius 2 is 1.93 bits per heavy atom. The molecule has 1 aromatic heterocycles. The summed E-state index contributed by atoms with van der Waals surface area (Å²) in [6.45, 7) is 0. The number of nitrogens with zero attached hydrogens (tertiary/aromatic N) is 2. The molecule has 1 heterocycles. The predicted octanol–water partition coefficient (Wildman–Crippen LogP) is 0.931. The van der Waals surface area contributed by atoms with Crippen LogP contribution in [0.15, 0.2) is 35.5 Å². The van der Waals surface area contributed by atoms with Gasteiger partial charge in [0, 0.05) is 30.8 Å². The number of esters is 1. The van der Waals surface area contributed by atoms with Crippen LogP contribution < -0.4 is 10.6 Å². The Morgan fingerprint density at radius 3 is 2.41 bits per heavy atom. The highest BCUT2D eigenvalue weighted by Crippen LogP contribution is 2.22. The van der Waals surface area contributed by atoms with E-state index in [1.54, 1.807) is 31.2 Å². The zero-order valence-corrected chi connectivity index (χ0v) is 16.8. The Balaban J connectivity index is 0.00000364. The molecule has 27 heavy (non-hydrogen) atoms.